The summed E-state index contributed by atoms with van der Waals surface area (Å²) in [6.45, 7) is 8.27. The molecule has 26 heavy (non-hydrogen) atoms. The molecule has 1 amide bonds. The molecule has 1 aromatic heterocycles. The average Bonchev–Trinajstić information content (AvgIpc) is 2.96. The summed E-state index contributed by atoms with van der Waals surface area (Å²) in [5.74, 6) is 0.897. The van der Waals surface area contributed by atoms with E-state index in [9.17, 15) is 9.59 Å². The summed E-state index contributed by atoms with van der Waals surface area (Å²) in [7, 11) is 3.38. The molecule has 2 aromatic rings. The number of hydrogen-bond acceptors (Lipinski definition) is 4. The standard InChI is InChI=1S/C20H28N2O4/c1-14(9-10-21(5)13-23)17-12-22(19(24)26-20(2,3)4)18-8-7-15(25-6)11-16(17)18/h7-8,11-14H,9-10H2,1-6H3. The normalized spacial score (nSPS) is 12.7. The Morgan fingerprint density at radius 2 is 2.04 bits per heavy atom. The van der Waals surface area contributed by atoms with Gasteiger partial charge in [-0.15, -0.1) is 0 Å². The average molecular weight is 360 g/mol. The van der Waals surface area contributed by atoms with Crippen LogP contribution in [0.4, 0.5) is 4.79 Å². The molecule has 0 N–H and O–H groups in total. The summed E-state index contributed by atoms with van der Waals surface area (Å²) in [5.41, 5.74) is 1.24. The van der Waals surface area contributed by atoms with Crippen LogP contribution in [0.2, 0.25) is 0 Å². The van der Waals surface area contributed by atoms with Crippen molar-refractivity contribution in [2.75, 3.05) is 20.7 Å². The molecule has 0 radical (unpaired) electrons. The number of fused-ring (bicyclic) bond motifs is 1. The lowest BCUT2D eigenvalue weighted by Crippen LogP contribution is -2.26. The first-order chi connectivity index (χ1) is 12.2. The highest BCUT2D eigenvalue weighted by atomic mass is 16.6. The van der Waals surface area contributed by atoms with Gasteiger partial charge in [-0.3, -0.25) is 9.36 Å². The highest BCUT2D eigenvalue weighted by molar-refractivity contribution is 5.93. The summed E-state index contributed by atoms with van der Waals surface area (Å²) in [6, 6.07) is 5.63. The summed E-state index contributed by atoms with van der Waals surface area (Å²) < 4.78 is 12.4. The lowest BCUT2D eigenvalue weighted by Gasteiger charge is -2.19. The summed E-state index contributed by atoms with van der Waals surface area (Å²) >= 11 is 0. The number of nitrogens with zero attached hydrogens (tertiary/aromatic N) is 2. The largest absolute Gasteiger partial charge is 0.497 e. The molecule has 1 heterocycles. The van der Waals surface area contributed by atoms with Gasteiger partial charge in [0, 0.05) is 25.2 Å². The van der Waals surface area contributed by atoms with Crippen LogP contribution in [0.25, 0.3) is 10.9 Å². The van der Waals surface area contributed by atoms with Crippen LogP contribution in [0.15, 0.2) is 24.4 Å². The van der Waals surface area contributed by atoms with Crippen LogP contribution in [0.1, 0.15) is 45.6 Å². The first-order valence-electron chi connectivity index (χ1n) is 8.74. The molecule has 0 bridgehead atoms. The first-order valence-corrected chi connectivity index (χ1v) is 8.74. The Morgan fingerprint density at radius 3 is 2.62 bits per heavy atom. The maximum absolute atomic E-state index is 12.6. The van der Waals surface area contributed by atoms with Crippen molar-refractivity contribution in [2.24, 2.45) is 0 Å². The lowest BCUT2D eigenvalue weighted by atomic mass is 9.97. The highest BCUT2D eigenvalue weighted by Gasteiger charge is 2.22. The summed E-state index contributed by atoms with van der Waals surface area (Å²) in [5, 5.41) is 0.955. The van der Waals surface area contributed by atoms with E-state index < -0.39 is 11.7 Å². The number of amides is 1. The predicted octanol–water partition coefficient (Wildman–Crippen LogP) is 4.01. The fourth-order valence-corrected chi connectivity index (χ4v) is 2.82. The maximum atomic E-state index is 12.6. The van der Waals surface area contributed by atoms with Crippen LogP contribution in [-0.2, 0) is 9.53 Å². The molecule has 1 unspecified atom stereocenters. The zero-order valence-electron chi connectivity index (χ0n) is 16.4. The van der Waals surface area contributed by atoms with Crippen LogP contribution in [0.3, 0.4) is 0 Å². The van der Waals surface area contributed by atoms with E-state index in [0.717, 1.165) is 35.0 Å². The van der Waals surface area contributed by atoms with Crippen LogP contribution in [0, 0.1) is 0 Å². The number of methoxy groups -OCH3 is 1. The molecule has 0 spiro atoms. The van der Waals surface area contributed by atoms with Gasteiger partial charge in [-0.05, 0) is 56.9 Å². The molecule has 0 fully saturated rings. The van der Waals surface area contributed by atoms with Gasteiger partial charge in [0.15, 0.2) is 0 Å². The molecule has 6 nitrogen and oxygen atoms in total. The zero-order chi connectivity index (χ0) is 19.5. The smallest absolute Gasteiger partial charge is 0.419 e. The van der Waals surface area contributed by atoms with Crippen molar-refractivity contribution in [3.05, 3.63) is 30.0 Å². The second-order valence-electron chi connectivity index (χ2n) is 7.59. The summed E-state index contributed by atoms with van der Waals surface area (Å²) in [6.07, 6.45) is 3.04. The van der Waals surface area contributed by atoms with Crippen molar-refractivity contribution < 1.29 is 19.1 Å². The molecule has 1 aromatic carbocycles. The Labute approximate surface area is 154 Å². The van der Waals surface area contributed by atoms with E-state index in [1.165, 1.54) is 0 Å². The fourth-order valence-electron chi connectivity index (χ4n) is 2.82. The molecule has 0 aliphatic heterocycles. The van der Waals surface area contributed by atoms with Crippen molar-refractivity contribution in [2.45, 2.75) is 45.6 Å². The number of benzene rings is 1. The second kappa shape index (κ2) is 7.81. The maximum Gasteiger partial charge on any atom is 0.419 e. The molecule has 142 valence electrons. The first kappa shape index (κ1) is 19.8. The van der Waals surface area contributed by atoms with Crippen LogP contribution in [-0.4, -0.2) is 48.3 Å². The SMILES string of the molecule is COc1ccc2c(c1)c(C(C)CCN(C)C=O)cn2C(=O)OC(C)(C)C. The molecule has 0 aliphatic rings. The third-order valence-electron chi connectivity index (χ3n) is 4.26. The predicted molar refractivity (Wildman–Crippen MR) is 102 cm³/mol. The number of carbonyl (C=O) groups excluding carboxylic acids is 2. The van der Waals surface area contributed by atoms with Crippen LogP contribution in [0.5, 0.6) is 5.75 Å². The molecule has 2 rings (SSSR count). The van der Waals surface area contributed by atoms with Gasteiger partial charge in [-0.2, -0.15) is 0 Å². The van der Waals surface area contributed by atoms with E-state index in [2.05, 4.69) is 6.92 Å². The van der Waals surface area contributed by atoms with Gasteiger partial charge in [0.2, 0.25) is 6.41 Å². The Morgan fingerprint density at radius 1 is 1.35 bits per heavy atom. The topological polar surface area (TPSA) is 60.8 Å². The van der Waals surface area contributed by atoms with Gasteiger partial charge in [0.1, 0.15) is 11.4 Å². The number of rotatable bonds is 6. The molecular formula is C20H28N2O4. The van der Waals surface area contributed by atoms with Crippen molar-refractivity contribution >= 4 is 23.4 Å². The van der Waals surface area contributed by atoms with Crippen molar-refractivity contribution in [3.63, 3.8) is 0 Å². The monoisotopic (exact) mass is 360 g/mol. The van der Waals surface area contributed by atoms with Crippen LogP contribution >= 0.6 is 0 Å². The van der Waals surface area contributed by atoms with Crippen molar-refractivity contribution in [1.29, 1.82) is 0 Å². The molecule has 0 saturated heterocycles. The number of aromatic nitrogens is 1. The third-order valence-corrected chi connectivity index (χ3v) is 4.26. The molecule has 0 aliphatic carbocycles. The van der Waals surface area contributed by atoms with Crippen molar-refractivity contribution in [3.8, 4) is 5.75 Å². The van der Waals surface area contributed by atoms with Gasteiger partial charge in [0.05, 0.1) is 12.6 Å². The van der Waals surface area contributed by atoms with Gasteiger partial charge in [0.25, 0.3) is 0 Å². The zero-order valence-corrected chi connectivity index (χ0v) is 16.4. The Balaban J connectivity index is 2.44. The van der Waals surface area contributed by atoms with E-state index in [0.29, 0.717) is 6.54 Å². The Hall–Kier alpha value is -2.50. The quantitative estimate of drug-likeness (QED) is 0.730. The summed E-state index contributed by atoms with van der Waals surface area (Å²) in [4.78, 5) is 25.1. The van der Waals surface area contributed by atoms with Gasteiger partial charge < -0.3 is 14.4 Å². The van der Waals surface area contributed by atoms with Gasteiger partial charge in [-0.25, -0.2) is 4.79 Å². The second-order valence-corrected chi connectivity index (χ2v) is 7.59. The lowest BCUT2D eigenvalue weighted by molar-refractivity contribution is -0.117. The molecule has 1 atom stereocenters. The van der Waals surface area contributed by atoms with E-state index in [1.807, 2.05) is 45.2 Å². The van der Waals surface area contributed by atoms with Gasteiger partial charge >= 0.3 is 6.09 Å². The Bertz CT molecular complexity index is 789. The minimum Gasteiger partial charge on any atom is -0.497 e. The fraction of sp³-hybridized carbons (Fsp3) is 0.500. The highest BCUT2D eigenvalue weighted by Crippen LogP contribution is 2.32. The van der Waals surface area contributed by atoms with Crippen LogP contribution < -0.4 is 4.74 Å². The van der Waals surface area contributed by atoms with E-state index in [-0.39, 0.29) is 5.92 Å². The third kappa shape index (κ3) is 4.56. The number of hydrogen-bond donors (Lipinski definition) is 0. The Kier molecular flexibility index (Phi) is 5.95. The van der Waals surface area contributed by atoms with Gasteiger partial charge in [-0.1, -0.05) is 6.92 Å². The molecule has 6 heteroatoms. The minimum atomic E-state index is -0.571. The molecule has 0 saturated carbocycles. The van der Waals surface area contributed by atoms with E-state index in [4.69, 9.17) is 9.47 Å². The van der Waals surface area contributed by atoms with E-state index >= 15 is 0 Å². The van der Waals surface area contributed by atoms with Crippen molar-refractivity contribution in [1.82, 2.24) is 9.47 Å². The number of carbonyl (C=O) groups is 2. The van der Waals surface area contributed by atoms with E-state index in [1.54, 1.807) is 23.6 Å². The number of ether oxygens (including phenoxy) is 2. The molecular weight excluding hydrogens is 332 g/mol. The minimum absolute atomic E-state index is 0.163.